The highest BCUT2D eigenvalue weighted by Crippen LogP contribution is 2.34. The van der Waals surface area contributed by atoms with Gasteiger partial charge in [0, 0.05) is 25.5 Å². The van der Waals surface area contributed by atoms with Crippen LogP contribution in [0.5, 0.6) is 0 Å². The first-order valence-electron chi connectivity index (χ1n) is 6.21. The number of nitrogens with zero attached hydrogens (tertiary/aromatic N) is 2. The first-order chi connectivity index (χ1) is 8.61. The van der Waals surface area contributed by atoms with Crippen molar-refractivity contribution in [3.8, 4) is 0 Å². The zero-order valence-electron chi connectivity index (χ0n) is 10.6. The van der Waals surface area contributed by atoms with Crippen LogP contribution in [0.2, 0.25) is 0 Å². The van der Waals surface area contributed by atoms with E-state index in [2.05, 4.69) is 22.5 Å². The number of anilines is 1. The van der Waals surface area contributed by atoms with Gasteiger partial charge in [0.15, 0.2) is 0 Å². The Balaban J connectivity index is 1.88. The van der Waals surface area contributed by atoms with Gasteiger partial charge in [-0.15, -0.1) is 0 Å². The van der Waals surface area contributed by atoms with E-state index in [-0.39, 0.29) is 23.5 Å². The highest BCUT2D eigenvalue weighted by Gasteiger charge is 2.37. The number of aromatic nitrogens is 2. The van der Waals surface area contributed by atoms with E-state index < -0.39 is 0 Å². The summed E-state index contributed by atoms with van der Waals surface area (Å²) in [5.41, 5.74) is -0.312. The summed E-state index contributed by atoms with van der Waals surface area (Å²) in [5, 5.41) is 5.34. The molecule has 1 saturated carbocycles. The minimum absolute atomic E-state index is 0.0604. The van der Waals surface area contributed by atoms with Crippen molar-refractivity contribution >= 4 is 11.8 Å². The van der Waals surface area contributed by atoms with E-state index in [4.69, 9.17) is 0 Å². The minimum Gasteiger partial charge on any atom is -0.335 e. The molecule has 1 aliphatic carbocycles. The lowest BCUT2D eigenvalue weighted by Gasteiger charge is -2.06. The van der Waals surface area contributed by atoms with Gasteiger partial charge in [0.1, 0.15) is 0 Å². The van der Waals surface area contributed by atoms with Gasteiger partial charge in [-0.3, -0.25) is 10.1 Å². The van der Waals surface area contributed by atoms with Gasteiger partial charge in [-0.05, 0) is 18.8 Å². The second-order valence-electron chi connectivity index (χ2n) is 4.68. The second-order valence-corrected chi connectivity index (χ2v) is 4.68. The molecule has 2 N–H and O–H groups in total. The van der Waals surface area contributed by atoms with Crippen LogP contribution in [0.1, 0.15) is 26.2 Å². The molecule has 0 aromatic carbocycles. The molecule has 0 radical (unpaired) electrons. The third-order valence-corrected chi connectivity index (χ3v) is 3.15. The van der Waals surface area contributed by atoms with E-state index in [9.17, 15) is 9.59 Å². The van der Waals surface area contributed by atoms with Gasteiger partial charge in [-0.2, -0.15) is 0 Å². The van der Waals surface area contributed by atoms with Crippen LogP contribution in [0.25, 0.3) is 0 Å². The van der Waals surface area contributed by atoms with Crippen molar-refractivity contribution in [1.29, 1.82) is 0 Å². The molecule has 2 rings (SSSR count). The van der Waals surface area contributed by atoms with E-state index in [1.165, 1.54) is 10.8 Å². The fourth-order valence-electron chi connectivity index (χ4n) is 2.01. The second kappa shape index (κ2) is 5.20. The molecule has 0 bridgehead atoms. The average Bonchev–Trinajstić information content (AvgIpc) is 3.03. The smallest absolute Gasteiger partial charge is 0.320 e. The van der Waals surface area contributed by atoms with Crippen LogP contribution >= 0.6 is 0 Å². The number of urea groups is 1. The number of hydrogen-bond donors (Lipinski definition) is 2. The lowest BCUT2D eigenvalue weighted by Crippen LogP contribution is -2.34. The van der Waals surface area contributed by atoms with Crippen molar-refractivity contribution in [3.63, 3.8) is 0 Å². The fourth-order valence-corrected chi connectivity index (χ4v) is 2.01. The summed E-state index contributed by atoms with van der Waals surface area (Å²) in [7, 11) is 1.62. The summed E-state index contributed by atoms with van der Waals surface area (Å²) in [6, 6.07) is -0.105. The third kappa shape index (κ3) is 2.88. The highest BCUT2D eigenvalue weighted by atomic mass is 16.2. The van der Waals surface area contributed by atoms with E-state index >= 15 is 0 Å². The van der Waals surface area contributed by atoms with Crippen LogP contribution in [0, 0.1) is 5.92 Å². The molecule has 0 spiro atoms. The van der Waals surface area contributed by atoms with E-state index in [0.717, 1.165) is 19.3 Å². The molecule has 0 unspecified atom stereocenters. The number of aryl methyl sites for hydroxylation is 1. The van der Waals surface area contributed by atoms with E-state index in [1.54, 1.807) is 13.2 Å². The molecule has 1 aromatic heterocycles. The van der Waals surface area contributed by atoms with Gasteiger partial charge in [0.25, 0.3) is 5.56 Å². The molecule has 2 amide bonds. The average molecular weight is 250 g/mol. The van der Waals surface area contributed by atoms with E-state index in [1.807, 2.05) is 0 Å². The molecule has 1 aliphatic rings. The Kier molecular flexibility index (Phi) is 3.64. The first kappa shape index (κ1) is 12.6. The van der Waals surface area contributed by atoms with Crippen LogP contribution in [0.3, 0.4) is 0 Å². The Bertz CT molecular complexity index is 497. The summed E-state index contributed by atoms with van der Waals surface area (Å²) >= 11 is 0. The van der Waals surface area contributed by atoms with Crippen molar-refractivity contribution in [2.75, 3.05) is 5.32 Å². The van der Waals surface area contributed by atoms with Crippen molar-refractivity contribution < 1.29 is 4.79 Å². The van der Waals surface area contributed by atoms with Gasteiger partial charge in [-0.25, -0.2) is 9.78 Å². The predicted molar refractivity (Wildman–Crippen MR) is 68.4 cm³/mol. The molecule has 1 heterocycles. The summed E-state index contributed by atoms with van der Waals surface area (Å²) in [5.74, 6) is 0.650. The summed E-state index contributed by atoms with van der Waals surface area (Å²) in [6.45, 7) is 2.13. The molecule has 1 fully saturated rings. The maximum Gasteiger partial charge on any atom is 0.320 e. The van der Waals surface area contributed by atoms with Crippen LogP contribution in [-0.4, -0.2) is 21.6 Å². The molecular weight excluding hydrogens is 232 g/mol. The number of carbonyl (C=O) groups is 1. The van der Waals surface area contributed by atoms with Crippen molar-refractivity contribution in [3.05, 3.63) is 22.7 Å². The molecule has 0 saturated heterocycles. The van der Waals surface area contributed by atoms with Gasteiger partial charge in [0.2, 0.25) is 5.82 Å². The van der Waals surface area contributed by atoms with E-state index in [0.29, 0.717) is 5.92 Å². The standard InChI is InChI=1S/C12H18N4O2/c1-3-4-8-7-9(8)14-12(18)15-10-11(17)16(2)6-5-13-10/h5-6,8-9H,3-4,7H2,1-2H3,(H2,13,14,15,18)/t8-,9+/m1/s1. The molecule has 0 aliphatic heterocycles. The Morgan fingerprint density at radius 2 is 2.39 bits per heavy atom. The van der Waals surface area contributed by atoms with Gasteiger partial charge >= 0.3 is 6.03 Å². The SMILES string of the molecule is CCC[C@@H]1C[C@@H]1NC(=O)Nc1nccn(C)c1=O. The largest absolute Gasteiger partial charge is 0.335 e. The van der Waals surface area contributed by atoms with Gasteiger partial charge in [-0.1, -0.05) is 13.3 Å². The van der Waals surface area contributed by atoms with Gasteiger partial charge < -0.3 is 9.88 Å². The Labute approximate surface area is 105 Å². The van der Waals surface area contributed by atoms with Crippen molar-refractivity contribution in [2.45, 2.75) is 32.2 Å². The minimum atomic E-state index is -0.352. The third-order valence-electron chi connectivity index (χ3n) is 3.15. The summed E-state index contributed by atoms with van der Waals surface area (Å²) < 4.78 is 1.37. The first-order valence-corrected chi connectivity index (χ1v) is 6.21. The predicted octanol–water partition coefficient (Wildman–Crippen LogP) is 1.09. The molecule has 6 heteroatoms. The molecular formula is C12H18N4O2. The Morgan fingerprint density at radius 1 is 1.61 bits per heavy atom. The zero-order chi connectivity index (χ0) is 13.1. The lowest BCUT2D eigenvalue weighted by molar-refractivity contribution is 0.251. The number of amides is 2. The van der Waals surface area contributed by atoms with Crippen LogP contribution in [-0.2, 0) is 7.05 Å². The quantitative estimate of drug-likeness (QED) is 0.839. The lowest BCUT2D eigenvalue weighted by atomic mass is 10.2. The topological polar surface area (TPSA) is 76.0 Å². The van der Waals surface area contributed by atoms with Crippen LogP contribution in [0.15, 0.2) is 17.2 Å². The number of carbonyl (C=O) groups excluding carboxylic acids is 1. The number of nitrogens with one attached hydrogen (secondary N) is 2. The maximum atomic E-state index is 11.7. The summed E-state index contributed by atoms with van der Waals surface area (Å²) in [4.78, 5) is 27.2. The van der Waals surface area contributed by atoms with Crippen LogP contribution < -0.4 is 16.2 Å². The van der Waals surface area contributed by atoms with Gasteiger partial charge in [0.05, 0.1) is 0 Å². The highest BCUT2D eigenvalue weighted by molar-refractivity contribution is 5.88. The maximum absolute atomic E-state index is 11.7. The molecule has 6 nitrogen and oxygen atoms in total. The normalized spacial score (nSPS) is 21.4. The van der Waals surface area contributed by atoms with Crippen molar-refractivity contribution in [1.82, 2.24) is 14.9 Å². The summed E-state index contributed by atoms with van der Waals surface area (Å²) in [6.07, 6.45) is 6.32. The molecule has 1 aromatic rings. The fraction of sp³-hybridized carbons (Fsp3) is 0.583. The number of rotatable bonds is 4. The Morgan fingerprint density at radius 3 is 3.11 bits per heavy atom. The zero-order valence-corrected chi connectivity index (χ0v) is 10.6. The number of hydrogen-bond acceptors (Lipinski definition) is 3. The Hall–Kier alpha value is -1.85. The monoisotopic (exact) mass is 250 g/mol. The van der Waals surface area contributed by atoms with Crippen molar-refractivity contribution in [2.24, 2.45) is 13.0 Å². The van der Waals surface area contributed by atoms with Crippen LogP contribution in [0.4, 0.5) is 10.6 Å². The molecule has 2 atom stereocenters. The molecule has 98 valence electrons. The molecule has 18 heavy (non-hydrogen) atoms.